The first kappa shape index (κ1) is 13.7. The maximum atomic E-state index is 4.28. The van der Waals surface area contributed by atoms with E-state index in [-0.39, 0.29) is 20.1 Å². The van der Waals surface area contributed by atoms with Crippen LogP contribution in [0.5, 0.6) is 0 Å². The van der Waals surface area contributed by atoms with Gasteiger partial charge < -0.3 is 0 Å². The van der Waals surface area contributed by atoms with Crippen molar-refractivity contribution in [3.63, 3.8) is 0 Å². The molecule has 0 aliphatic rings. The first-order valence-electron chi connectivity index (χ1n) is 5.89. The average molecular weight is 428 g/mol. The second-order valence-electron chi connectivity index (χ2n) is 4.11. The van der Waals surface area contributed by atoms with E-state index < -0.39 is 0 Å². The predicted octanol–water partition coefficient (Wildman–Crippen LogP) is 3.24. The molecule has 19 heavy (non-hydrogen) atoms. The van der Waals surface area contributed by atoms with Crippen molar-refractivity contribution >= 4 is 0 Å². The molecule has 3 nitrogen and oxygen atoms in total. The van der Waals surface area contributed by atoms with Gasteiger partial charge in [-0.25, -0.2) is 0 Å². The largest absolute Gasteiger partial charge is 0.279 e. The molecule has 0 saturated carbocycles. The smallest absolute Gasteiger partial charge is 0.168 e. The van der Waals surface area contributed by atoms with E-state index in [0.29, 0.717) is 0 Å². The zero-order valence-corrected chi connectivity index (χ0v) is 12.8. The van der Waals surface area contributed by atoms with Crippen LogP contribution in [0.2, 0.25) is 0 Å². The van der Waals surface area contributed by atoms with Gasteiger partial charge in [-0.2, -0.15) is 0 Å². The van der Waals surface area contributed by atoms with Gasteiger partial charge in [-0.1, -0.05) is 48.5 Å². The third-order valence-electron chi connectivity index (χ3n) is 2.87. The fourth-order valence-corrected chi connectivity index (χ4v) is 2.02. The topological polar surface area (TPSA) is 30.7 Å². The molecule has 3 aromatic rings. The molecule has 1 radical (unpaired) electrons. The molecule has 0 aliphatic heterocycles. The van der Waals surface area contributed by atoms with Gasteiger partial charge in [0.15, 0.2) is 5.82 Å². The molecular weight excluding hydrogens is 414 g/mol. The van der Waals surface area contributed by atoms with Crippen LogP contribution < -0.4 is 0 Å². The van der Waals surface area contributed by atoms with Gasteiger partial charge in [0.2, 0.25) is 0 Å². The Morgan fingerprint density at radius 1 is 0.789 bits per heavy atom. The summed E-state index contributed by atoms with van der Waals surface area (Å²) in [5.74, 6) is 1.76. The molecule has 0 amide bonds. The van der Waals surface area contributed by atoms with Crippen LogP contribution in [0.15, 0.2) is 60.7 Å². The Morgan fingerprint density at radius 3 is 2.00 bits per heavy atom. The first-order valence-corrected chi connectivity index (χ1v) is 5.89. The maximum absolute atomic E-state index is 4.28. The molecule has 4 heteroatoms. The number of hydrogen-bond acceptors (Lipinski definition) is 2. The first-order chi connectivity index (χ1) is 8.86. The normalized spacial score (nSPS) is 9.95. The Hall–Kier alpha value is -1.77. The van der Waals surface area contributed by atoms with E-state index in [1.54, 1.807) is 0 Å². The van der Waals surface area contributed by atoms with Crippen LogP contribution >= 0.6 is 0 Å². The second-order valence-corrected chi connectivity index (χ2v) is 4.11. The third-order valence-corrected chi connectivity index (χ3v) is 2.87. The number of hydrogen-bond donors (Lipinski definition) is 0. The minimum absolute atomic E-state index is 0. The average Bonchev–Trinajstić information content (AvgIpc) is 2.83. The quantitative estimate of drug-likeness (QED) is 0.629. The molecule has 1 aromatic heterocycles. The molecule has 1 heterocycles. The SMILES string of the molecule is Cc1nnc(-c2ccccc2)n1-c1ccccc1.[Ir]. The molecule has 3 rings (SSSR count). The van der Waals surface area contributed by atoms with Gasteiger partial charge in [0, 0.05) is 31.4 Å². The molecule has 0 saturated heterocycles. The summed E-state index contributed by atoms with van der Waals surface area (Å²) in [6.07, 6.45) is 0. The number of aromatic nitrogens is 3. The Morgan fingerprint density at radius 2 is 1.37 bits per heavy atom. The molecule has 0 bridgehead atoms. The summed E-state index contributed by atoms with van der Waals surface area (Å²) in [5.41, 5.74) is 2.15. The number of benzene rings is 2. The molecule has 0 atom stereocenters. The van der Waals surface area contributed by atoms with Gasteiger partial charge in [0.25, 0.3) is 0 Å². The number of para-hydroxylation sites is 1. The van der Waals surface area contributed by atoms with Gasteiger partial charge in [-0.15, -0.1) is 10.2 Å². The van der Waals surface area contributed by atoms with Crippen molar-refractivity contribution < 1.29 is 20.1 Å². The number of nitrogens with zero attached hydrogens (tertiary/aromatic N) is 3. The van der Waals surface area contributed by atoms with Gasteiger partial charge in [0.1, 0.15) is 5.82 Å². The second kappa shape index (κ2) is 5.91. The van der Waals surface area contributed by atoms with E-state index in [1.165, 1.54) is 0 Å². The van der Waals surface area contributed by atoms with Crippen molar-refractivity contribution in [3.05, 3.63) is 66.5 Å². The number of rotatable bonds is 2. The predicted molar refractivity (Wildman–Crippen MR) is 71.5 cm³/mol. The Kier molecular flexibility index (Phi) is 4.25. The summed E-state index contributed by atoms with van der Waals surface area (Å²) in [5, 5.41) is 8.46. The summed E-state index contributed by atoms with van der Waals surface area (Å²) in [6.45, 7) is 1.96. The van der Waals surface area contributed by atoms with E-state index >= 15 is 0 Å². The summed E-state index contributed by atoms with van der Waals surface area (Å²) in [6, 6.07) is 20.3. The van der Waals surface area contributed by atoms with Crippen molar-refractivity contribution in [2.45, 2.75) is 6.92 Å². The van der Waals surface area contributed by atoms with Crippen LogP contribution in [0.4, 0.5) is 0 Å². The summed E-state index contributed by atoms with van der Waals surface area (Å²) in [4.78, 5) is 0. The standard InChI is InChI=1S/C15H13N3.Ir/c1-12-16-17-15(13-8-4-2-5-9-13)18(12)14-10-6-3-7-11-14;/h2-11H,1H3;. The van der Waals surface area contributed by atoms with Crippen molar-refractivity contribution in [3.8, 4) is 17.1 Å². The van der Waals surface area contributed by atoms with Crippen LogP contribution in [0.1, 0.15) is 5.82 Å². The van der Waals surface area contributed by atoms with Gasteiger partial charge in [0.05, 0.1) is 0 Å². The van der Waals surface area contributed by atoms with Gasteiger partial charge in [-0.3, -0.25) is 4.57 Å². The van der Waals surface area contributed by atoms with Crippen LogP contribution in [-0.2, 0) is 20.1 Å². The zero-order valence-electron chi connectivity index (χ0n) is 10.4. The Bertz CT molecular complexity index is 648. The summed E-state index contributed by atoms with van der Waals surface area (Å²) < 4.78 is 2.06. The Labute approximate surface area is 125 Å². The van der Waals surface area contributed by atoms with Crippen LogP contribution in [-0.4, -0.2) is 14.8 Å². The summed E-state index contributed by atoms with van der Waals surface area (Å²) in [7, 11) is 0. The maximum Gasteiger partial charge on any atom is 0.168 e. The van der Waals surface area contributed by atoms with Crippen molar-refractivity contribution in [1.82, 2.24) is 14.8 Å². The molecule has 97 valence electrons. The van der Waals surface area contributed by atoms with E-state index in [9.17, 15) is 0 Å². The van der Waals surface area contributed by atoms with Crippen LogP contribution in [0, 0.1) is 6.92 Å². The van der Waals surface area contributed by atoms with Gasteiger partial charge >= 0.3 is 0 Å². The monoisotopic (exact) mass is 428 g/mol. The minimum Gasteiger partial charge on any atom is -0.279 e. The van der Waals surface area contributed by atoms with E-state index in [4.69, 9.17) is 0 Å². The van der Waals surface area contributed by atoms with Crippen molar-refractivity contribution in [1.29, 1.82) is 0 Å². The van der Waals surface area contributed by atoms with E-state index in [0.717, 1.165) is 22.9 Å². The molecule has 0 unspecified atom stereocenters. The molecule has 0 aliphatic carbocycles. The summed E-state index contributed by atoms with van der Waals surface area (Å²) >= 11 is 0. The minimum atomic E-state index is 0. The fraction of sp³-hybridized carbons (Fsp3) is 0.0667. The van der Waals surface area contributed by atoms with Crippen LogP contribution in [0.25, 0.3) is 17.1 Å². The third kappa shape index (κ3) is 2.65. The van der Waals surface area contributed by atoms with E-state index in [1.807, 2.05) is 55.5 Å². The molecule has 0 N–H and O–H groups in total. The van der Waals surface area contributed by atoms with Gasteiger partial charge in [-0.05, 0) is 19.1 Å². The molecule has 0 spiro atoms. The van der Waals surface area contributed by atoms with Crippen molar-refractivity contribution in [2.75, 3.05) is 0 Å². The molecule has 2 aromatic carbocycles. The zero-order chi connectivity index (χ0) is 12.4. The fourth-order valence-electron chi connectivity index (χ4n) is 2.02. The van der Waals surface area contributed by atoms with Crippen molar-refractivity contribution in [2.24, 2.45) is 0 Å². The van der Waals surface area contributed by atoms with E-state index in [2.05, 4.69) is 26.9 Å². The molecular formula is C15H13IrN3. The Balaban J connectivity index is 0.00000133. The van der Waals surface area contributed by atoms with Crippen LogP contribution in [0.3, 0.4) is 0 Å². The molecule has 0 fully saturated rings. The number of aryl methyl sites for hydroxylation is 1.